The van der Waals surface area contributed by atoms with E-state index in [-0.39, 0.29) is 11.3 Å². The van der Waals surface area contributed by atoms with E-state index in [1.54, 1.807) is 48.5 Å². The molecule has 6 nitrogen and oxygen atoms in total. The summed E-state index contributed by atoms with van der Waals surface area (Å²) in [6.45, 7) is 0.371. The number of nitrogens with zero attached hydrogens (tertiary/aromatic N) is 1. The number of amides is 1. The second kappa shape index (κ2) is 9.11. The summed E-state index contributed by atoms with van der Waals surface area (Å²) in [6, 6.07) is 28.1. The summed E-state index contributed by atoms with van der Waals surface area (Å²) in [4.78, 5) is 27.9. The fourth-order valence-corrected chi connectivity index (χ4v) is 4.06. The van der Waals surface area contributed by atoms with Crippen LogP contribution in [0.4, 0.5) is 5.69 Å². The molecule has 0 aliphatic carbocycles. The Bertz CT molecular complexity index is 1340. The first-order valence-corrected chi connectivity index (χ1v) is 10.8. The van der Waals surface area contributed by atoms with Gasteiger partial charge in [-0.3, -0.25) is 14.5 Å². The van der Waals surface area contributed by atoms with Crippen molar-refractivity contribution in [2.75, 3.05) is 4.90 Å². The van der Waals surface area contributed by atoms with E-state index in [0.717, 1.165) is 5.56 Å². The Balaban J connectivity index is 1.55. The molecule has 2 heterocycles. The lowest BCUT2D eigenvalue weighted by molar-refractivity contribution is -0.117. The van der Waals surface area contributed by atoms with Crippen molar-refractivity contribution in [1.29, 1.82) is 0 Å². The number of hydrogen-bond acceptors (Lipinski definition) is 5. The summed E-state index contributed by atoms with van der Waals surface area (Å²) in [7, 11) is 0. The molecular formula is C28H21NO5. The van der Waals surface area contributed by atoms with Crippen LogP contribution in [0.5, 0.6) is 5.75 Å². The number of furan rings is 1. The first-order chi connectivity index (χ1) is 16.6. The highest BCUT2D eigenvalue weighted by molar-refractivity contribution is 6.20. The van der Waals surface area contributed by atoms with Gasteiger partial charge in [0.25, 0.3) is 5.91 Å². The SMILES string of the molecule is O=C(C1=C(O)C(=O)N(c2ccccc2)C1c1cccc(OCc2ccccc2)c1)c1ccco1. The number of anilines is 1. The number of ketones is 1. The van der Waals surface area contributed by atoms with Crippen LogP contribution in [0.2, 0.25) is 0 Å². The Hall–Kier alpha value is -4.58. The summed E-state index contributed by atoms with van der Waals surface area (Å²) in [5, 5.41) is 10.8. The number of hydrogen-bond donors (Lipinski definition) is 1. The minimum atomic E-state index is -0.854. The van der Waals surface area contributed by atoms with Crippen LogP contribution < -0.4 is 9.64 Å². The van der Waals surface area contributed by atoms with Gasteiger partial charge in [0.2, 0.25) is 5.78 Å². The van der Waals surface area contributed by atoms with Gasteiger partial charge in [0.1, 0.15) is 12.4 Å². The minimum absolute atomic E-state index is 0.0380. The quantitative estimate of drug-likeness (QED) is 0.368. The molecule has 1 N–H and O–H groups in total. The van der Waals surface area contributed by atoms with Gasteiger partial charge in [-0.2, -0.15) is 0 Å². The van der Waals surface area contributed by atoms with E-state index in [1.807, 2.05) is 42.5 Å². The number of aliphatic hydroxyl groups excluding tert-OH is 1. The molecule has 0 spiro atoms. The molecule has 0 saturated heterocycles. The fourth-order valence-electron chi connectivity index (χ4n) is 4.06. The van der Waals surface area contributed by atoms with E-state index >= 15 is 0 Å². The molecule has 5 rings (SSSR count). The molecule has 0 saturated carbocycles. The smallest absolute Gasteiger partial charge is 0.294 e. The van der Waals surface area contributed by atoms with E-state index in [1.165, 1.54) is 17.2 Å². The molecule has 168 valence electrons. The fraction of sp³-hybridized carbons (Fsp3) is 0.0714. The number of aliphatic hydroxyl groups is 1. The molecule has 0 bridgehead atoms. The molecule has 0 radical (unpaired) electrons. The lowest BCUT2D eigenvalue weighted by atomic mass is 9.94. The Kier molecular flexibility index (Phi) is 5.70. The number of Topliss-reactive ketones (excluding diaryl/α,β-unsaturated/α-hetero) is 1. The summed E-state index contributed by atoms with van der Waals surface area (Å²) in [5.41, 5.74) is 2.16. The topological polar surface area (TPSA) is 80.0 Å². The maximum Gasteiger partial charge on any atom is 0.294 e. The van der Waals surface area contributed by atoms with Crippen molar-refractivity contribution in [3.8, 4) is 5.75 Å². The largest absolute Gasteiger partial charge is 0.503 e. The highest BCUT2D eigenvalue weighted by atomic mass is 16.5. The third kappa shape index (κ3) is 3.97. The number of benzene rings is 3. The van der Waals surface area contributed by atoms with Gasteiger partial charge in [-0.1, -0.05) is 60.7 Å². The van der Waals surface area contributed by atoms with E-state index < -0.39 is 23.5 Å². The lowest BCUT2D eigenvalue weighted by Gasteiger charge is -2.27. The molecule has 1 aliphatic rings. The number of carbonyl (C=O) groups excluding carboxylic acids is 2. The zero-order valence-corrected chi connectivity index (χ0v) is 18.1. The second-order valence-electron chi connectivity index (χ2n) is 7.83. The van der Waals surface area contributed by atoms with E-state index in [4.69, 9.17) is 9.15 Å². The maximum absolute atomic E-state index is 13.3. The average molecular weight is 451 g/mol. The van der Waals surface area contributed by atoms with Crippen LogP contribution in [-0.4, -0.2) is 16.8 Å². The molecule has 3 aromatic carbocycles. The van der Waals surface area contributed by atoms with E-state index in [0.29, 0.717) is 23.6 Å². The molecule has 1 atom stereocenters. The normalized spacial score (nSPS) is 15.6. The van der Waals surface area contributed by atoms with Crippen molar-refractivity contribution in [3.63, 3.8) is 0 Å². The number of carbonyl (C=O) groups is 2. The van der Waals surface area contributed by atoms with Gasteiger partial charge in [-0.05, 0) is 47.5 Å². The molecule has 1 unspecified atom stereocenters. The Morgan fingerprint density at radius 3 is 2.35 bits per heavy atom. The number of para-hydroxylation sites is 1. The molecule has 4 aromatic rings. The van der Waals surface area contributed by atoms with Crippen LogP contribution in [0.3, 0.4) is 0 Å². The third-order valence-corrected chi connectivity index (χ3v) is 5.65. The van der Waals surface area contributed by atoms with E-state index in [2.05, 4.69) is 0 Å². The maximum atomic E-state index is 13.3. The second-order valence-corrected chi connectivity index (χ2v) is 7.83. The summed E-state index contributed by atoms with van der Waals surface area (Å²) in [6.07, 6.45) is 1.38. The monoisotopic (exact) mass is 451 g/mol. The van der Waals surface area contributed by atoms with Crippen molar-refractivity contribution in [2.45, 2.75) is 12.6 Å². The van der Waals surface area contributed by atoms with Gasteiger partial charge in [0, 0.05) is 5.69 Å². The minimum Gasteiger partial charge on any atom is -0.503 e. The van der Waals surface area contributed by atoms with Gasteiger partial charge < -0.3 is 14.3 Å². The van der Waals surface area contributed by atoms with Gasteiger partial charge in [0.15, 0.2) is 11.5 Å². The summed E-state index contributed by atoms with van der Waals surface area (Å²) >= 11 is 0. The first kappa shape index (κ1) is 21.3. The summed E-state index contributed by atoms with van der Waals surface area (Å²) < 4.78 is 11.2. The molecule has 6 heteroatoms. The predicted molar refractivity (Wildman–Crippen MR) is 127 cm³/mol. The standard InChI is InChI=1S/C28H21NO5/c30-26(23-15-8-16-33-23)24-25(29(28(32)27(24)31)21-12-5-2-6-13-21)20-11-7-14-22(17-20)34-18-19-9-3-1-4-10-19/h1-17,25,31H,18H2. The lowest BCUT2D eigenvalue weighted by Crippen LogP contribution is -2.31. The van der Waals surface area contributed by atoms with Gasteiger partial charge in [0.05, 0.1) is 17.9 Å². The molecule has 34 heavy (non-hydrogen) atoms. The van der Waals surface area contributed by atoms with E-state index in [9.17, 15) is 14.7 Å². The molecular weight excluding hydrogens is 430 g/mol. The zero-order chi connectivity index (χ0) is 23.5. The van der Waals surface area contributed by atoms with Crippen LogP contribution in [0.25, 0.3) is 0 Å². The zero-order valence-electron chi connectivity index (χ0n) is 18.1. The van der Waals surface area contributed by atoms with Gasteiger partial charge in [-0.25, -0.2) is 0 Å². The van der Waals surface area contributed by atoms with Crippen LogP contribution in [0.15, 0.2) is 119 Å². The number of rotatable bonds is 7. The Labute approximate surface area is 196 Å². The summed E-state index contributed by atoms with van der Waals surface area (Å²) in [5.74, 6) is -1.16. The van der Waals surface area contributed by atoms with Crippen LogP contribution in [0, 0.1) is 0 Å². The third-order valence-electron chi connectivity index (χ3n) is 5.65. The van der Waals surface area contributed by atoms with Crippen LogP contribution in [-0.2, 0) is 11.4 Å². The van der Waals surface area contributed by atoms with Gasteiger partial charge in [-0.15, -0.1) is 0 Å². The average Bonchev–Trinajstić information content (AvgIpc) is 3.51. The highest BCUT2D eigenvalue weighted by Gasteiger charge is 2.45. The Morgan fingerprint density at radius 2 is 1.65 bits per heavy atom. The van der Waals surface area contributed by atoms with Crippen molar-refractivity contribution in [3.05, 3.63) is 132 Å². The number of ether oxygens (including phenoxy) is 1. The van der Waals surface area contributed by atoms with Crippen molar-refractivity contribution in [2.24, 2.45) is 0 Å². The van der Waals surface area contributed by atoms with Crippen LogP contribution >= 0.6 is 0 Å². The molecule has 1 aromatic heterocycles. The van der Waals surface area contributed by atoms with Crippen molar-refractivity contribution < 1.29 is 23.8 Å². The van der Waals surface area contributed by atoms with Crippen molar-refractivity contribution >= 4 is 17.4 Å². The highest BCUT2D eigenvalue weighted by Crippen LogP contribution is 2.42. The van der Waals surface area contributed by atoms with Crippen molar-refractivity contribution in [1.82, 2.24) is 0 Å². The molecule has 1 aliphatic heterocycles. The molecule has 0 fully saturated rings. The van der Waals surface area contributed by atoms with Crippen LogP contribution in [0.1, 0.15) is 27.7 Å². The predicted octanol–water partition coefficient (Wildman–Crippen LogP) is 5.64. The van der Waals surface area contributed by atoms with Gasteiger partial charge >= 0.3 is 0 Å². The first-order valence-electron chi connectivity index (χ1n) is 10.8. The molecule has 1 amide bonds. The Morgan fingerprint density at radius 1 is 0.912 bits per heavy atom.